The van der Waals surface area contributed by atoms with Crippen LogP contribution in [-0.4, -0.2) is 37.2 Å². The fraction of sp³-hybridized carbons (Fsp3) is 0.733. The highest BCUT2D eigenvalue weighted by Gasteiger charge is 2.37. The van der Waals surface area contributed by atoms with Crippen LogP contribution in [0, 0.1) is 5.92 Å². The van der Waals surface area contributed by atoms with Crippen LogP contribution in [0.4, 0.5) is 0 Å². The summed E-state index contributed by atoms with van der Waals surface area (Å²) in [7, 11) is -1.73. The highest BCUT2D eigenvalue weighted by molar-refractivity contribution is 7.86. The molecule has 0 unspecified atom stereocenters. The normalized spacial score (nSPS) is 27.2. The summed E-state index contributed by atoms with van der Waals surface area (Å²) in [6, 6.07) is 3.90. The quantitative estimate of drug-likeness (QED) is 0.839. The van der Waals surface area contributed by atoms with E-state index in [1.54, 1.807) is 11.4 Å². The molecular formula is C15H24N2O3S. The second-order valence-electron chi connectivity index (χ2n) is 6.35. The van der Waals surface area contributed by atoms with Crippen molar-refractivity contribution >= 4 is 10.2 Å². The predicted octanol–water partition coefficient (Wildman–Crippen LogP) is 2.57. The Bertz CT molecular complexity index is 590. The van der Waals surface area contributed by atoms with Gasteiger partial charge in [-0.25, -0.2) is 0 Å². The van der Waals surface area contributed by atoms with Crippen LogP contribution in [0.25, 0.3) is 0 Å². The molecule has 21 heavy (non-hydrogen) atoms. The van der Waals surface area contributed by atoms with E-state index in [1.807, 2.05) is 12.1 Å². The molecule has 2 fully saturated rings. The zero-order valence-electron chi connectivity index (χ0n) is 12.8. The van der Waals surface area contributed by atoms with Crippen molar-refractivity contribution in [3.05, 3.63) is 23.7 Å². The average Bonchev–Trinajstić information content (AvgIpc) is 3.02. The van der Waals surface area contributed by atoms with Gasteiger partial charge in [0, 0.05) is 26.1 Å². The van der Waals surface area contributed by atoms with Gasteiger partial charge < -0.3 is 4.42 Å². The van der Waals surface area contributed by atoms with Crippen LogP contribution in [0.2, 0.25) is 0 Å². The number of hydrogen-bond donors (Lipinski definition) is 0. The Hall–Kier alpha value is -0.850. The summed E-state index contributed by atoms with van der Waals surface area (Å²) >= 11 is 0. The van der Waals surface area contributed by atoms with Crippen LogP contribution in [0.1, 0.15) is 50.0 Å². The molecule has 2 heterocycles. The second-order valence-corrected chi connectivity index (χ2v) is 8.38. The van der Waals surface area contributed by atoms with Gasteiger partial charge in [-0.15, -0.1) is 0 Å². The fourth-order valence-corrected chi connectivity index (χ4v) is 4.40. The molecule has 1 saturated carbocycles. The number of furan rings is 1. The molecule has 0 aromatic carbocycles. The number of nitrogens with zero attached hydrogens (tertiary/aromatic N) is 2. The van der Waals surface area contributed by atoms with Gasteiger partial charge in [-0.2, -0.15) is 17.0 Å². The number of rotatable bonds is 5. The number of hydrogen-bond acceptors (Lipinski definition) is 3. The lowest BCUT2D eigenvalue weighted by Crippen LogP contribution is -2.43. The molecule has 1 saturated heterocycles. The highest BCUT2D eigenvalue weighted by Crippen LogP contribution is 2.47. The molecule has 1 aromatic heterocycles. The first-order valence-electron chi connectivity index (χ1n) is 7.78. The predicted molar refractivity (Wildman–Crippen MR) is 81.0 cm³/mol. The van der Waals surface area contributed by atoms with Crippen LogP contribution < -0.4 is 0 Å². The van der Waals surface area contributed by atoms with E-state index in [1.165, 1.54) is 10.7 Å². The molecule has 2 aliphatic rings. The maximum absolute atomic E-state index is 12.5. The van der Waals surface area contributed by atoms with E-state index in [4.69, 9.17) is 4.42 Å². The van der Waals surface area contributed by atoms with Crippen molar-refractivity contribution in [2.75, 3.05) is 20.1 Å². The molecule has 0 amide bonds. The Morgan fingerprint density at radius 1 is 1.29 bits per heavy atom. The Kier molecular flexibility index (Phi) is 4.12. The van der Waals surface area contributed by atoms with E-state index in [9.17, 15) is 8.42 Å². The minimum Gasteiger partial charge on any atom is -0.464 e. The molecule has 1 aliphatic carbocycles. The summed E-state index contributed by atoms with van der Waals surface area (Å²) in [6.45, 7) is 3.78. The van der Waals surface area contributed by atoms with E-state index in [-0.39, 0.29) is 0 Å². The maximum atomic E-state index is 12.5. The lowest BCUT2D eigenvalue weighted by Gasteiger charge is -2.29. The van der Waals surface area contributed by atoms with Gasteiger partial charge in [0.05, 0.1) is 6.54 Å². The Morgan fingerprint density at radius 3 is 2.57 bits per heavy atom. The zero-order chi connectivity index (χ0) is 15.0. The summed E-state index contributed by atoms with van der Waals surface area (Å²) in [5, 5.41) is 0. The molecule has 2 atom stereocenters. The third-order valence-corrected chi connectivity index (χ3v) is 6.51. The first-order chi connectivity index (χ1) is 9.98. The molecule has 0 bridgehead atoms. The topological polar surface area (TPSA) is 53.8 Å². The van der Waals surface area contributed by atoms with Gasteiger partial charge in [-0.3, -0.25) is 0 Å². The minimum absolute atomic E-state index is 0.305. The van der Waals surface area contributed by atoms with Crippen molar-refractivity contribution in [1.82, 2.24) is 8.61 Å². The molecule has 0 radical (unpaired) electrons. The maximum Gasteiger partial charge on any atom is 0.282 e. The van der Waals surface area contributed by atoms with Crippen molar-refractivity contribution in [3.8, 4) is 0 Å². The van der Waals surface area contributed by atoms with Gasteiger partial charge in [0.2, 0.25) is 0 Å². The number of piperidine rings is 1. The average molecular weight is 312 g/mol. The van der Waals surface area contributed by atoms with Crippen molar-refractivity contribution in [3.63, 3.8) is 0 Å². The third kappa shape index (κ3) is 3.17. The van der Waals surface area contributed by atoms with Crippen LogP contribution in [-0.2, 0) is 16.8 Å². The Labute approximate surface area is 127 Å². The van der Waals surface area contributed by atoms with E-state index in [2.05, 4.69) is 6.92 Å². The molecule has 0 N–H and O–H groups in total. The van der Waals surface area contributed by atoms with Crippen molar-refractivity contribution in [2.24, 2.45) is 5.92 Å². The monoisotopic (exact) mass is 312 g/mol. The lowest BCUT2D eigenvalue weighted by atomic mass is 10.2. The SMILES string of the molecule is C[C@@H]1C[C@H]1c1ccc(CN(C)S(=O)(=O)N2CCCCC2)o1. The van der Waals surface area contributed by atoms with E-state index < -0.39 is 10.2 Å². The Morgan fingerprint density at radius 2 is 1.95 bits per heavy atom. The summed E-state index contributed by atoms with van der Waals surface area (Å²) in [5.74, 6) is 2.95. The highest BCUT2D eigenvalue weighted by atomic mass is 32.2. The van der Waals surface area contributed by atoms with Crippen molar-refractivity contribution in [2.45, 2.75) is 45.1 Å². The van der Waals surface area contributed by atoms with E-state index >= 15 is 0 Å². The minimum atomic E-state index is -3.36. The van der Waals surface area contributed by atoms with Gasteiger partial charge >= 0.3 is 0 Å². The molecule has 5 nitrogen and oxygen atoms in total. The third-order valence-electron chi connectivity index (χ3n) is 4.57. The first-order valence-corrected chi connectivity index (χ1v) is 9.18. The molecular weight excluding hydrogens is 288 g/mol. The van der Waals surface area contributed by atoms with E-state index in [0.717, 1.165) is 30.8 Å². The summed E-state index contributed by atoms with van der Waals surface area (Å²) < 4.78 is 33.8. The summed E-state index contributed by atoms with van der Waals surface area (Å²) in [4.78, 5) is 0. The smallest absolute Gasteiger partial charge is 0.282 e. The van der Waals surface area contributed by atoms with Crippen molar-refractivity contribution < 1.29 is 12.8 Å². The van der Waals surface area contributed by atoms with Gasteiger partial charge in [0.15, 0.2) is 0 Å². The molecule has 1 aromatic rings. The van der Waals surface area contributed by atoms with Crippen LogP contribution in [0.3, 0.4) is 0 Å². The molecule has 118 valence electrons. The first kappa shape index (κ1) is 15.1. The Balaban J connectivity index is 1.64. The molecule has 6 heteroatoms. The van der Waals surface area contributed by atoms with Gasteiger partial charge in [-0.05, 0) is 37.3 Å². The van der Waals surface area contributed by atoms with Gasteiger partial charge in [0.25, 0.3) is 10.2 Å². The molecule has 0 spiro atoms. The van der Waals surface area contributed by atoms with Gasteiger partial charge in [-0.1, -0.05) is 13.3 Å². The van der Waals surface area contributed by atoms with Crippen LogP contribution >= 0.6 is 0 Å². The standard InChI is InChI=1S/C15H24N2O3S/c1-12-10-14(12)15-7-6-13(20-15)11-16(2)21(18,19)17-8-4-3-5-9-17/h6-7,12,14H,3-5,8-11H2,1-2H3/t12-,14-/m1/s1. The zero-order valence-corrected chi connectivity index (χ0v) is 13.6. The summed E-state index contributed by atoms with van der Waals surface area (Å²) in [5.41, 5.74) is 0. The van der Waals surface area contributed by atoms with Gasteiger partial charge in [0.1, 0.15) is 11.5 Å². The largest absolute Gasteiger partial charge is 0.464 e. The lowest BCUT2D eigenvalue weighted by molar-refractivity contribution is 0.305. The summed E-state index contributed by atoms with van der Waals surface area (Å²) in [6.07, 6.45) is 4.21. The molecule has 1 aliphatic heterocycles. The van der Waals surface area contributed by atoms with E-state index in [0.29, 0.717) is 31.5 Å². The molecule has 3 rings (SSSR count). The second kappa shape index (κ2) is 5.74. The fourth-order valence-electron chi connectivity index (χ4n) is 2.99. The van der Waals surface area contributed by atoms with Crippen molar-refractivity contribution in [1.29, 1.82) is 0 Å². The van der Waals surface area contributed by atoms with Crippen LogP contribution in [0.15, 0.2) is 16.5 Å². The van der Waals surface area contributed by atoms with Crippen LogP contribution in [0.5, 0.6) is 0 Å².